The molecule has 0 N–H and O–H groups in total. The van der Waals surface area contributed by atoms with E-state index in [1.807, 2.05) is 20.8 Å². The molecule has 0 saturated heterocycles. The highest BCUT2D eigenvalue weighted by Gasteiger charge is 2.39. The van der Waals surface area contributed by atoms with Crippen LogP contribution < -0.4 is 0 Å². The first-order valence-electron chi connectivity index (χ1n) is 5.67. The molecule has 5 nitrogen and oxygen atoms in total. The van der Waals surface area contributed by atoms with Crippen molar-refractivity contribution in [1.82, 2.24) is 0 Å². The Balaban J connectivity index is 2.59. The van der Waals surface area contributed by atoms with E-state index in [2.05, 4.69) is 4.99 Å². The molecule has 1 aliphatic heterocycles. The SMILES string of the molecule is CCC(C)(C)C(=O)OCC1(C)COC=NC1=O. The lowest BCUT2D eigenvalue weighted by Crippen LogP contribution is -2.41. The van der Waals surface area contributed by atoms with Crippen LogP contribution in [0.15, 0.2) is 4.99 Å². The van der Waals surface area contributed by atoms with E-state index < -0.39 is 10.8 Å². The minimum Gasteiger partial charge on any atom is -0.482 e. The second kappa shape index (κ2) is 4.85. The van der Waals surface area contributed by atoms with Gasteiger partial charge in [0.15, 0.2) is 6.40 Å². The van der Waals surface area contributed by atoms with Gasteiger partial charge < -0.3 is 9.47 Å². The number of aliphatic imine (C=N–C) groups is 1. The number of hydrogen-bond donors (Lipinski definition) is 0. The van der Waals surface area contributed by atoms with Crippen LogP contribution in [0.1, 0.15) is 34.1 Å². The highest BCUT2D eigenvalue weighted by molar-refractivity contribution is 5.90. The maximum atomic E-state index is 11.8. The molecule has 1 amide bonds. The van der Waals surface area contributed by atoms with Crippen molar-refractivity contribution in [2.45, 2.75) is 34.1 Å². The van der Waals surface area contributed by atoms with Gasteiger partial charge in [-0.05, 0) is 27.2 Å². The molecule has 0 fully saturated rings. The second-order valence-electron chi connectivity index (χ2n) is 5.22. The fraction of sp³-hybridized carbons (Fsp3) is 0.750. The monoisotopic (exact) mass is 241 g/mol. The minimum atomic E-state index is -0.867. The summed E-state index contributed by atoms with van der Waals surface area (Å²) in [4.78, 5) is 26.9. The molecule has 0 radical (unpaired) electrons. The molecular formula is C12H19NO4. The number of nitrogens with zero attached hydrogens (tertiary/aromatic N) is 1. The largest absolute Gasteiger partial charge is 0.482 e. The smallest absolute Gasteiger partial charge is 0.311 e. The number of rotatable bonds is 4. The van der Waals surface area contributed by atoms with Gasteiger partial charge in [-0.2, -0.15) is 4.99 Å². The van der Waals surface area contributed by atoms with Crippen molar-refractivity contribution in [2.24, 2.45) is 15.8 Å². The fourth-order valence-corrected chi connectivity index (χ4v) is 1.19. The van der Waals surface area contributed by atoms with Crippen molar-refractivity contribution >= 4 is 18.3 Å². The molecule has 96 valence electrons. The van der Waals surface area contributed by atoms with Crippen LogP contribution in [0.4, 0.5) is 0 Å². The Bertz CT molecular complexity index is 348. The number of amides is 1. The van der Waals surface area contributed by atoms with Crippen molar-refractivity contribution in [3.63, 3.8) is 0 Å². The topological polar surface area (TPSA) is 65.0 Å². The first-order valence-corrected chi connectivity index (χ1v) is 5.67. The minimum absolute atomic E-state index is 0.00539. The first kappa shape index (κ1) is 13.7. The quantitative estimate of drug-likeness (QED) is 0.700. The lowest BCUT2D eigenvalue weighted by Gasteiger charge is -2.29. The van der Waals surface area contributed by atoms with Crippen molar-refractivity contribution in [3.8, 4) is 0 Å². The molecule has 1 heterocycles. The number of carbonyl (C=O) groups excluding carboxylic acids is 2. The van der Waals surface area contributed by atoms with Gasteiger partial charge in [-0.15, -0.1) is 0 Å². The zero-order valence-electron chi connectivity index (χ0n) is 10.8. The molecule has 0 aromatic rings. The average Bonchev–Trinajstić information content (AvgIpc) is 2.30. The van der Waals surface area contributed by atoms with E-state index in [4.69, 9.17) is 9.47 Å². The van der Waals surface area contributed by atoms with Gasteiger partial charge in [0.25, 0.3) is 5.91 Å². The van der Waals surface area contributed by atoms with E-state index >= 15 is 0 Å². The van der Waals surface area contributed by atoms with Gasteiger partial charge >= 0.3 is 5.97 Å². The standard InChI is InChI=1S/C12H19NO4/c1-5-11(2,3)10(15)17-7-12(4)6-16-8-13-9(12)14/h8H,5-7H2,1-4H3. The zero-order chi connectivity index (χ0) is 13.1. The fourth-order valence-electron chi connectivity index (χ4n) is 1.19. The number of ether oxygens (including phenoxy) is 2. The molecule has 0 saturated carbocycles. The number of hydrogen-bond acceptors (Lipinski definition) is 4. The Morgan fingerprint density at radius 1 is 1.65 bits per heavy atom. The van der Waals surface area contributed by atoms with Crippen molar-refractivity contribution in [1.29, 1.82) is 0 Å². The van der Waals surface area contributed by atoms with Gasteiger partial charge in [0, 0.05) is 0 Å². The van der Waals surface area contributed by atoms with Crippen LogP contribution >= 0.6 is 0 Å². The molecular weight excluding hydrogens is 222 g/mol. The summed E-state index contributed by atoms with van der Waals surface area (Å²) in [6.07, 6.45) is 1.81. The predicted molar refractivity (Wildman–Crippen MR) is 62.6 cm³/mol. The lowest BCUT2D eigenvalue weighted by atomic mass is 9.89. The predicted octanol–water partition coefficient (Wildman–Crippen LogP) is 1.56. The van der Waals surface area contributed by atoms with E-state index in [1.165, 1.54) is 0 Å². The summed E-state index contributed by atoms with van der Waals surface area (Å²) in [5, 5.41) is 0. The van der Waals surface area contributed by atoms with Crippen LogP contribution in [-0.4, -0.2) is 31.5 Å². The molecule has 0 aromatic carbocycles. The Morgan fingerprint density at radius 2 is 2.29 bits per heavy atom. The molecule has 0 spiro atoms. The third-order valence-corrected chi connectivity index (χ3v) is 3.12. The molecule has 1 rings (SSSR count). The van der Waals surface area contributed by atoms with Gasteiger partial charge in [0.1, 0.15) is 18.6 Å². The Hall–Kier alpha value is -1.39. The van der Waals surface area contributed by atoms with Gasteiger partial charge in [0.2, 0.25) is 0 Å². The lowest BCUT2D eigenvalue weighted by molar-refractivity contribution is -0.160. The summed E-state index contributed by atoms with van der Waals surface area (Å²) in [6.45, 7) is 7.42. The molecule has 1 aliphatic rings. The Labute approximate surface area is 101 Å². The van der Waals surface area contributed by atoms with E-state index in [9.17, 15) is 9.59 Å². The third-order valence-electron chi connectivity index (χ3n) is 3.12. The summed E-state index contributed by atoms with van der Waals surface area (Å²) in [5.74, 6) is -0.616. The molecule has 5 heteroatoms. The summed E-state index contributed by atoms with van der Waals surface area (Å²) >= 11 is 0. The maximum absolute atomic E-state index is 11.8. The summed E-state index contributed by atoms with van der Waals surface area (Å²) in [6, 6.07) is 0. The Morgan fingerprint density at radius 3 is 2.82 bits per heavy atom. The third kappa shape index (κ3) is 3.05. The Kier molecular flexibility index (Phi) is 3.91. The van der Waals surface area contributed by atoms with Crippen LogP contribution in [0.25, 0.3) is 0 Å². The van der Waals surface area contributed by atoms with E-state index in [0.717, 1.165) is 6.40 Å². The molecule has 17 heavy (non-hydrogen) atoms. The first-order chi connectivity index (χ1) is 7.82. The molecule has 1 unspecified atom stereocenters. The number of carbonyl (C=O) groups is 2. The van der Waals surface area contributed by atoms with Crippen LogP contribution in [-0.2, 0) is 19.1 Å². The summed E-state index contributed by atoms with van der Waals surface area (Å²) in [7, 11) is 0. The van der Waals surface area contributed by atoms with Crippen molar-refractivity contribution in [2.75, 3.05) is 13.2 Å². The molecule has 0 aromatic heterocycles. The van der Waals surface area contributed by atoms with Crippen LogP contribution in [0.5, 0.6) is 0 Å². The van der Waals surface area contributed by atoms with Crippen LogP contribution in [0.3, 0.4) is 0 Å². The van der Waals surface area contributed by atoms with Gasteiger partial charge in [-0.1, -0.05) is 6.92 Å². The number of esters is 1. The van der Waals surface area contributed by atoms with Gasteiger partial charge in [-0.3, -0.25) is 9.59 Å². The second-order valence-corrected chi connectivity index (χ2v) is 5.22. The van der Waals surface area contributed by atoms with Crippen molar-refractivity contribution < 1.29 is 19.1 Å². The highest BCUT2D eigenvalue weighted by Crippen LogP contribution is 2.26. The van der Waals surface area contributed by atoms with Crippen molar-refractivity contribution in [3.05, 3.63) is 0 Å². The van der Waals surface area contributed by atoms with Crippen LogP contribution in [0, 0.1) is 10.8 Å². The summed E-state index contributed by atoms with van der Waals surface area (Å²) < 4.78 is 10.2. The maximum Gasteiger partial charge on any atom is 0.311 e. The highest BCUT2D eigenvalue weighted by atomic mass is 16.5. The summed E-state index contributed by atoms with van der Waals surface area (Å²) in [5.41, 5.74) is -1.40. The van der Waals surface area contributed by atoms with Gasteiger partial charge in [-0.25, -0.2) is 0 Å². The molecule has 1 atom stereocenters. The van der Waals surface area contributed by atoms with Crippen LogP contribution in [0.2, 0.25) is 0 Å². The van der Waals surface area contributed by atoms with E-state index in [1.54, 1.807) is 6.92 Å². The normalized spacial score (nSPS) is 24.4. The van der Waals surface area contributed by atoms with Gasteiger partial charge in [0.05, 0.1) is 5.41 Å². The molecule has 0 bridgehead atoms. The average molecular weight is 241 g/mol. The van der Waals surface area contributed by atoms with E-state index in [0.29, 0.717) is 6.42 Å². The molecule has 0 aliphatic carbocycles. The van der Waals surface area contributed by atoms with E-state index in [-0.39, 0.29) is 25.1 Å². The zero-order valence-corrected chi connectivity index (χ0v) is 10.8.